The van der Waals surface area contributed by atoms with Crippen LogP contribution < -0.4 is 9.47 Å². The highest BCUT2D eigenvalue weighted by Gasteiger charge is 2.31. The van der Waals surface area contributed by atoms with Crippen LogP contribution in [-0.4, -0.2) is 38.3 Å². The van der Waals surface area contributed by atoms with Gasteiger partial charge in [0.05, 0.1) is 31.1 Å². The van der Waals surface area contributed by atoms with Crippen molar-refractivity contribution in [2.75, 3.05) is 14.2 Å². The summed E-state index contributed by atoms with van der Waals surface area (Å²) in [5.41, 5.74) is -0.107. The zero-order chi connectivity index (χ0) is 17.8. The van der Waals surface area contributed by atoms with Gasteiger partial charge in [-0.3, -0.25) is 14.9 Å². The Morgan fingerprint density at radius 1 is 1.26 bits per heavy atom. The van der Waals surface area contributed by atoms with Crippen LogP contribution in [0.25, 0.3) is 0 Å². The molecule has 1 atom stereocenters. The van der Waals surface area contributed by atoms with E-state index in [0.29, 0.717) is 6.42 Å². The number of nitrogens with zero attached hydrogens (tertiary/aromatic N) is 1. The minimum Gasteiger partial charge on any atom is -0.493 e. The van der Waals surface area contributed by atoms with E-state index in [0.717, 1.165) is 6.04 Å². The van der Waals surface area contributed by atoms with Gasteiger partial charge < -0.3 is 14.6 Å². The summed E-state index contributed by atoms with van der Waals surface area (Å²) in [6, 6.07) is 3.38. The number of nitro groups is 1. The molecule has 0 saturated carbocycles. The Hall–Kier alpha value is -2.09. The quantitative estimate of drug-likeness (QED) is 0.441. The number of rotatable bonds is 8. The number of benzene rings is 1. The van der Waals surface area contributed by atoms with Gasteiger partial charge >= 0.3 is 5.97 Å². The van der Waals surface area contributed by atoms with Crippen LogP contribution in [0.2, 0.25) is 25.7 Å². The van der Waals surface area contributed by atoms with Crippen LogP contribution in [0.15, 0.2) is 12.1 Å². The highest BCUT2D eigenvalue weighted by atomic mass is 28.3. The van der Waals surface area contributed by atoms with Crippen LogP contribution in [0, 0.1) is 10.1 Å². The van der Waals surface area contributed by atoms with Crippen molar-refractivity contribution in [1.82, 2.24) is 0 Å². The van der Waals surface area contributed by atoms with Crippen molar-refractivity contribution >= 4 is 19.7 Å². The van der Waals surface area contributed by atoms with E-state index in [-0.39, 0.29) is 22.7 Å². The van der Waals surface area contributed by atoms with Crippen LogP contribution in [0.1, 0.15) is 17.9 Å². The van der Waals surface area contributed by atoms with Crippen LogP contribution in [0.4, 0.5) is 5.69 Å². The summed E-state index contributed by atoms with van der Waals surface area (Å²) in [5, 5.41) is 20.9. The first kappa shape index (κ1) is 19.0. The Bertz CT molecular complexity index is 596. The van der Waals surface area contributed by atoms with Gasteiger partial charge in [0.15, 0.2) is 11.5 Å². The van der Waals surface area contributed by atoms with Crippen LogP contribution in [-0.2, 0) is 4.79 Å². The maximum atomic E-state index is 11.7. The fourth-order valence-electron chi connectivity index (χ4n) is 2.31. The molecule has 128 valence electrons. The second-order valence-corrected chi connectivity index (χ2v) is 12.1. The van der Waals surface area contributed by atoms with Gasteiger partial charge in [-0.05, 0) is 12.5 Å². The van der Waals surface area contributed by atoms with E-state index in [1.807, 2.05) is 0 Å². The molecular formula is C15H23NO6Si. The van der Waals surface area contributed by atoms with Crippen molar-refractivity contribution in [3.05, 3.63) is 27.8 Å². The summed E-state index contributed by atoms with van der Waals surface area (Å²) in [7, 11) is 1.31. The molecule has 0 fully saturated rings. The van der Waals surface area contributed by atoms with Gasteiger partial charge in [0.1, 0.15) is 0 Å². The summed E-state index contributed by atoms with van der Waals surface area (Å²) < 4.78 is 10.2. The number of methoxy groups -OCH3 is 2. The number of aliphatic carboxylic acids is 1. The van der Waals surface area contributed by atoms with Crippen molar-refractivity contribution in [2.45, 2.75) is 38.0 Å². The Balaban J connectivity index is 3.39. The number of carbonyl (C=O) groups is 1. The lowest BCUT2D eigenvalue weighted by molar-refractivity contribution is -0.385. The molecule has 0 bridgehead atoms. The number of hydrogen-bond donors (Lipinski definition) is 1. The lowest BCUT2D eigenvalue weighted by Gasteiger charge is -2.20. The fourth-order valence-corrected chi connectivity index (χ4v) is 3.47. The second kappa shape index (κ2) is 7.45. The molecule has 1 N–H and O–H groups in total. The summed E-state index contributed by atoms with van der Waals surface area (Å²) >= 11 is 0. The zero-order valence-corrected chi connectivity index (χ0v) is 15.1. The molecule has 0 aromatic heterocycles. The maximum absolute atomic E-state index is 11.7. The Kier molecular flexibility index (Phi) is 6.14. The van der Waals surface area contributed by atoms with Crippen molar-refractivity contribution < 1.29 is 24.3 Å². The molecule has 1 rings (SSSR count). The summed E-state index contributed by atoms with van der Waals surface area (Å²) in [6.45, 7) is 6.40. The molecule has 1 aromatic carbocycles. The molecule has 1 aromatic rings. The third-order valence-electron chi connectivity index (χ3n) is 3.59. The number of carboxylic acid groups (broad SMARTS) is 1. The first-order chi connectivity index (χ1) is 10.6. The van der Waals surface area contributed by atoms with E-state index >= 15 is 0 Å². The largest absolute Gasteiger partial charge is 0.493 e. The Morgan fingerprint density at radius 3 is 2.17 bits per heavy atom. The van der Waals surface area contributed by atoms with E-state index < -0.39 is 24.9 Å². The average molecular weight is 341 g/mol. The Morgan fingerprint density at radius 2 is 1.78 bits per heavy atom. The highest BCUT2D eigenvalue weighted by molar-refractivity contribution is 6.76. The average Bonchev–Trinajstić information content (AvgIpc) is 2.44. The van der Waals surface area contributed by atoms with Crippen molar-refractivity contribution in [2.24, 2.45) is 0 Å². The molecule has 8 heteroatoms. The van der Waals surface area contributed by atoms with Crippen molar-refractivity contribution in [3.8, 4) is 11.5 Å². The van der Waals surface area contributed by atoms with Gasteiger partial charge in [-0.2, -0.15) is 0 Å². The summed E-state index contributed by atoms with van der Waals surface area (Å²) in [4.78, 5) is 22.4. The fraction of sp³-hybridized carbons (Fsp3) is 0.533. The SMILES string of the molecule is COc1cc(C(CC[Si](C)(C)C)C(=O)O)c([N+](=O)[O-])cc1OC. The molecule has 23 heavy (non-hydrogen) atoms. The van der Waals surface area contributed by atoms with Gasteiger partial charge in [-0.1, -0.05) is 25.7 Å². The molecule has 0 saturated heterocycles. The highest BCUT2D eigenvalue weighted by Crippen LogP contribution is 2.40. The van der Waals surface area contributed by atoms with E-state index in [2.05, 4.69) is 19.6 Å². The number of carboxylic acids is 1. The predicted octanol–water partition coefficient (Wildman–Crippen LogP) is 3.51. The van der Waals surface area contributed by atoms with E-state index in [1.54, 1.807) is 0 Å². The van der Waals surface area contributed by atoms with Crippen LogP contribution >= 0.6 is 0 Å². The monoisotopic (exact) mass is 341 g/mol. The van der Waals surface area contributed by atoms with Crippen LogP contribution in [0.3, 0.4) is 0 Å². The minimum absolute atomic E-state index is 0.151. The van der Waals surface area contributed by atoms with E-state index in [4.69, 9.17) is 9.47 Å². The van der Waals surface area contributed by atoms with Gasteiger partial charge in [0.2, 0.25) is 0 Å². The number of ether oxygens (including phenoxy) is 2. The number of hydrogen-bond acceptors (Lipinski definition) is 5. The Labute approximate surface area is 136 Å². The third kappa shape index (κ3) is 4.95. The molecule has 0 spiro atoms. The van der Waals surface area contributed by atoms with E-state index in [9.17, 15) is 20.0 Å². The van der Waals surface area contributed by atoms with Crippen molar-refractivity contribution in [3.63, 3.8) is 0 Å². The first-order valence-corrected chi connectivity index (χ1v) is 10.9. The molecule has 7 nitrogen and oxygen atoms in total. The lowest BCUT2D eigenvalue weighted by atomic mass is 9.94. The minimum atomic E-state index is -1.47. The second-order valence-electron chi connectivity index (χ2n) is 6.51. The topological polar surface area (TPSA) is 98.9 Å². The predicted molar refractivity (Wildman–Crippen MR) is 89.3 cm³/mol. The number of nitro benzene ring substituents is 1. The van der Waals surface area contributed by atoms with Gasteiger partial charge in [0, 0.05) is 13.6 Å². The molecule has 0 heterocycles. The first-order valence-electron chi connectivity index (χ1n) is 7.24. The van der Waals surface area contributed by atoms with Gasteiger partial charge in [0.25, 0.3) is 5.69 Å². The van der Waals surface area contributed by atoms with E-state index in [1.165, 1.54) is 26.4 Å². The molecular weight excluding hydrogens is 318 g/mol. The van der Waals surface area contributed by atoms with Crippen LogP contribution in [0.5, 0.6) is 11.5 Å². The summed E-state index contributed by atoms with van der Waals surface area (Å²) in [5.74, 6) is -1.52. The normalized spacial score (nSPS) is 12.6. The van der Waals surface area contributed by atoms with Crippen molar-refractivity contribution in [1.29, 1.82) is 0 Å². The maximum Gasteiger partial charge on any atom is 0.311 e. The molecule has 0 radical (unpaired) electrons. The molecule has 0 aliphatic rings. The summed E-state index contributed by atoms with van der Waals surface area (Å²) in [6.07, 6.45) is 0.362. The molecule has 1 unspecified atom stereocenters. The molecule has 0 aliphatic carbocycles. The standard InChI is InChI=1S/C15H23NO6Si/c1-21-13-8-11(12(16(19)20)9-14(13)22-2)10(15(17)18)6-7-23(3,4)5/h8-10H,6-7H2,1-5H3,(H,17,18). The van der Waals surface area contributed by atoms with Gasteiger partial charge in [-0.15, -0.1) is 0 Å². The third-order valence-corrected chi connectivity index (χ3v) is 5.37. The van der Waals surface area contributed by atoms with Gasteiger partial charge in [-0.25, -0.2) is 0 Å². The smallest absolute Gasteiger partial charge is 0.311 e. The molecule has 0 amide bonds. The molecule has 0 aliphatic heterocycles. The zero-order valence-electron chi connectivity index (χ0n) is 14.1. The lowest BCUT2D eigenvalue weighted by Crippen LogP contribution is -2.23.